The number of aromatic nitrogens is 2. The van der Waals surface area contributed by atoms with Gasteiger partial charge >= 0.3 is 0 Å². The van der Waals surface area contributed by atoms with Crippen molar-refractivity contribution in [3.63, 3.8) is 0 Å². The molecule has 0 unspecified atom stereocenters. The molecular formula is C52H31N3S. The van der Waals surface area contributed by atoms with Gasteiger partial charge in [-0.05, 0) is 91.7 Å². The van der Waals surface area contributed by atoms with Gasteiger partial charge in [-0.1, -0.05) is 163 Å². The SMILES string of the molecule is N#Cc1ccccc1-c1ccc2c(c1)C1(c3cc(-c4nc(-c5ccccc5)cc(-c5cccc6ccccc56)n4)ccc3S2)c2ccccc2-c2ccccc21. The molecule has 1 aliphatic heterocycles. The van der Waals surface area contributed by atoms with Crippen molar-refractivity contribution in [2.24, 2.45) is 0 Å². The number of nitrogens with zero attached hydrogens (tertiary/aromatic N) is 3. The van der Waals surface area contributed by atoms with Gasteiger partial charge in [0.2, 0.25) is 0 Å². The molecule has 0 radical (unpaired) electrons. The van der Waals surface area contributed by atoms with Gasteiger partial charge in [0.15, 0.2) is 5.82 Å². The van der Waals surface area contributed by atoms with Gasteiger partial charge < -0.3 is 0 Å². The van der Waals surface area contributed by atoms with Crippen molar-refractivity contribution in [1.29, 1.82) is 5.26 Å². The standard InChI is InChI=1S/C52H31N3S/c53-32-37-16-5-6-18-38(37)35-25-27-49-45(29-35)52(43-23-10-8-20-40(43)41-21-9-11-24-44(41)52)46-30-36(26-28-50(46)56-49)51-54-47(34-14-2-1-3-15-34)31-48(55-51)42-22-12-17-33-13-4-7-19-39(33)42/h1-31H. The molecule has 0 atom stereocenters. The lowest BCUT2D eigenvalue weighted by Gasteiger charge is -2.40. The number of nitriles is 1. The van der Waals surface area contributed by atoms with E-state index in [1.54, 1.807) is 11.8 Å². The fourth-order valence-corrected chi connectivity index (χ4v) is 10.1. The van der Waals surface area contributed by atoms with Crippen LogP contribution in [-0.2, 0) is 5.41 Å². The Morgan fingerprint density at radius 2 is 1.00 bits per heavy atom. The van der Waals surface area contributed by atoms with Crippen LogP contribution in [0.25, 0.3) is 66.9 Å². The molecule has 0 saturated carbocycles. The highest BCUT2D eigenvalue weighted by Gasteiger charge is 2.50. The van der Waals surface area contributed by atoms with E-state index in [9.17, 15) is 5.26 Å². The first kappa shape index (κ1) is 32.4. The molecule has 11 rings (SSSR count). The minimum atomic E-state index is -0.619. The molecule has 0 amide bonds. The lowest BCUT2D eigenvalue weighted by atomic mass is 9.66. The van der Waals surface area contributed by atoms with Gasteiger partial charge in [-0.15, -0.1) is 0 Å². The van der Waals surface area contributed by atoms with Gasteiger partial charge in [0.1, 0.15) is 0 Å². The normalized spacial score (nSPS) is 13.1. The number of hydrogen-bond acceptors (Lipinski definition) is 4. The zero-order chi connectivity index (χ0) is 37.2. The predicted octanol–water partition coefficient (Wildman–Crippen LogP) is 13.0. The third kappa shape index (κ3) is 4.85. The topological polar surface area (TPSA) is 49.6 Å². The Bertz CT molecular complexity index is 3040. The second-order valence-electron chi connectivity index (χ2n) is 14.4. The number of fused-ring (bicyclic) bond motifs is 10. The van der Waals surface area contributed by atoms with Crippen molar-refractivity contribution >= 4 is 22.5 Å². The van der Waals surface area contributed by atoms with Crippen molar-refractivity contribution in [2.75, 3.05) is 0 Å². The maximum absolute atomic E-state index is 10.1. The molecule has 2 heterocycles. The first-order valence-electron chi connectivity index (χ1n) is 18.8. The van der Waals surface area contributed by atoms with E-state index in [1.807, 2.05) is 24.3 Å². The average molecular weight is 730 g/mol. The van der Waals surface area contributed by atoms with Gasteiger partial charge in [0.25, 0.3) is 0 Å². The molecule has 0 fully saturated rings. The van der Waals surface area contributed by atoms with E-state index in [1.165, 1.54) is 48.6 Å². The van der Waals surface area contributed by atoms with Crippen LogP contribution in [0.3, 0.4) is 0 Å². The highest BCUT2D eigenvalue weighted by molar-refractivity contribution is 7.99. The highest BCUT2D eigenvalue weighted by Crippen LogP contribution is 2.62. The fourth-order valence-electron chi connectivity index (χ4n) is 8.96. The Labute approximate surface area is 329 Å². The third-order valence-corrected chi connectivity index (χ3v) is 12.6. The summed E-state index contributed by atoms with van der Waals surface area (Å²) in [5, 5.41) is 12.5. The summed E-state index contributed by atoms with van der Waals surface area (Å²) >= 11 is 1.81. The van der Waals surface area contributed by atoms with E-state index in [0.717, 1.165) is 44.6 Å². The Balaban J connectivity index is 1.19. The summed E-state index contributed by atoms with van der Waals surface area (Å²) in [7, 11) is 0. The van der Waals surface area contributed by atoms with E-state index in [0.29, 0.717) is 11.4 Å². The second kappa shape index (κ2) is 12.8. The zero-order valence-electron chi connectivity index (χ0n) is 30.1. The van der Waals surface area contributed by atoms with Crippen molar-refractivity contribution in [2.45, 2.75) is 15.2 Å². The van der Waals surface area contributed by atoms with Crippen LogP contribution in [0, 0.1) is 11.3 Å². The average Bonchev–Trinajstić information content (AvgIpc) is 3.57. The molecule has 56 heavy (non-hydrogen) atoms. The monoisotopic (exact) mass is 729 g/mol. The smallest absolute Gasteiger partial charge is 0.160 e. The van der Waals surface area contributed by atoms with Crippen LogP contribution < -0.4 is 0 Å². The number of hydrogen-bond donors (Lipinski definition) is 0. The zero-order valence-corrected chi connectivity index (χ0v) is 31.0. The Hall–Kier alpha value is -7.06. The van der Waals surface area contributed by atoms with Crippen LogP contribution >= 0.6 is 11.8 Å². The van der Waals surface area contributed by atoms with Crippen molar-refractivity contribution in [3.8, 4) is 62.2 Å². The second-order valence-corrected chi connectivity index (χ2v) is 15.5. The Morgan fingerprint density at radius 3 is 1.75 bits per heavy atom. The first-order valence-corrected chi connectivity index (χ1v) is 19.6. The lowest BCUT2D eigenvalue weighted by molar-refractivity contribution is 0.723. The largest absolute Gasteiger partial charge is 0.228 e. The molecular weight excluding hydrogens is 699 g/mol. The molecule has 0 N–H and O–H groups in total. The number of benzene rings is 8. The summed E-state index contributed by atoms with van der Waals surface area (Å²) in [4.78, 5) is 13.1. The van der Waals surface area contributed by atoms with Crippen molar-refractivity contribution < 1.29 is 0 Å². The molecule has 8 aromatic carbocycles. The van der Waals surface area contributed by atoms with Crippen LogP contribution in [0.2, 0.25) is 0 Å². The molecule has 4 heteroatoms. The molecule has 0 bridgehead atoms. The van der Waals surface area contributed by atoms with Gasteiger partial charge in [0.05, 0.1) is 28.4 Å². The van der Waals surface area contributed by atoms with Crippen molar-refractivity contribution in [1.82, 2.24) is 9.97 Å². The maximum Gasteiger partial charge on any atom is 0.160 e. The fraction of sp³-hybridized carbons (Fsp3) is 0.0192. The summed E-state index contributed by atoms with van der Waals surface area (Å²) in [5.41, 5.74) is 14.2. The van der Waals surface area contributed by atoms with E-state index >= 15 is 0 Å². The summed E-state index contributed by atoms with van der Waals surface area (Å²) in [6.07, 6.45) is 0. The molecule has 0 saturated heterocycles. The minimum Gasteiger partial charge on any atom is -0.228 e. The summed E-state index contributed by atoms with van der Waals surface area (Å²) in [6.45, 7) is 0. The molecule has 2 aliphatic rings. The van der Waals surface area contributed by atoms with Crippen LogP contribution in [0.1, 0.15) is 27.8 Å². The molecule has 260 valence electrons. The highest BCUT2D eigenvalue weighted by atomic mass is 32.2. The summed E-state index contributed by atoms with van der Waals surface area (Å²) in [5.74, 6) is 0.680. The molecule has 3 nitrogen and oxygen atoms in total. The minimum absolute atomic E-state index is 0.619. The lowest BCUT2D eigenvalue weighted by Crippen LogP contribution is -2.32. The van der Waals surface area contributed by atoms with Gasteiger partial charge in [-0.3, -0.25) is 0 Å². The molecule has 1 spiro atoms. The van der Waals surface area contributed by atoms with Crippen LogP contribution in [0.4, 0.5) is 0 Å². The van der Waals surface area contributed by atoms with Gasteiger partial charge in [-0.2, -0.15) is 5.26 Å². The Morgan fingerprint density at radius 1 is 0.429 bits per heavy atom. The number of rotatable bonds is 4. The molecule has 1 aromatic heterocycles. The van der Waals surface area contributed by atoms with Gasteiger partial charge in [0, 0.05) is 26.5 Å². The van der Waals surface area contributed by atoms with Crippen molar-refractivity contribution in [3.05, 3.63) is 216 Å². The predicted molar refractivity (Wildman–Crippen MR) is 227 cm³/mol. The Kier molecular flexibility index (Phi) is 7.38. The quantitative estimate of drug-likeness (QED) is 0.181. The molecule has 9 aromatic rings. The van der Waals surface area contributed by atoms with Crippen LogP contribution in [0.5, 0.6) is 0 Å². The van der Waals surface area contributed by atoms with E-state index in [2.05, 4.69) is 170 Å². The first-order chi connectivity index (χ1) is 27.7. The van der Waals surface area contributed by atoms with E-state index < -0.39 is 5.41 Å². The summed E-state index contributed by atoms with van der Waals surface area (Å²) < 4.78 is 0. The van der Waals surface area contributed by atoms with E-state index in [4.69, 9.17) is 9.97 Å². The molecule has 1 aliphatic carbocycles. The van der Waals surface area contributed by atoms with Crippen LogP contribution in [0.15, 0.2) is 198 Å². The maximum atomic E-state index is 10.1. The summed E-state index contributed by atoms with van der Waals surface area (Å²) in [6, 6.07) is 69.0. The third-order valence-electron chi connectivity index (χ3n) is 11.4. The van der Waals surface area contributed by atoms with Crippen LogP contribution in [-0.4, -0.2) is 9.97 Å². The van der Waals surface area contributed by atoms with Gasteiger partial charge in [-0.25, -0.2) is 9.97 Å². The van der Waals surface area contributed by atoms with E-state index in [-0.39, 0.29) is 0 Å².